The second-order valence-corrected chi connectivity index (χ2v) is 8.43. The molecule has 9 heteroatoms. The molecule has 1 heterocycles. The molecular formula is C20H19Br2N3O3S. The zero-order chi connectivity index (χ0) is 21.0. The van der Waals surface area contributed by atoms with Gasteiger partial charge < -0.3 is 14.6 Å². The van der Waals surface area contributed by atoms with Crippen LogP contribution in [-0.4, -0.2) is 36.8 Å². The SMILES string of the molecule is CCN=c1scc(-c2cc(OC)ccc2OC)n1N=Cc1cc(Br)cc(Br)c1O. The standard InChI is InChI=1S/C20H19Br2N3O3S/c1-4-23-20-25(24-10-12-7-13(21)8-16(22)19(12)26)17(11-29-20)15-9-14(27-2)5-6-18(15)28-3/h5-11,26H,4H2,1-3H3. The van der Waals surface area contributed by atoms with E-state index in [0.717, 1.165) is 20.5 Å². The number of hydrogen-bond donors (Lipinski definition) is 1. The van der Waals surface area contributed by atoms with Crippen LogP contribution in [0, 0.1) is 0 Å². The summed E-state index contributed by atoms with van der Waals surface area (Å²) in [6, 6.07) is 9.16. The van der Waals surface area contributed by atoms with E-state index in [9.17, 15) is 5.11 Å². The van der Waals surface area contributed by atoms with Gasteiger partial charge in [0.15, 0.2) is 0 Å². The Labute approximate surface area is 189 Å². The average Bonchev–Trinajstić information content (AvgIpc) is 3.11. The predicted octanol–water partition coefficient (Wildman–Crippen LogP) is 5.27. The zero-order valence-corrected chi connectivity index (χ0v) is 20.0. The third-order valence-corrected chi connectivity index (χ3v) is 5.95. The number of aromatic nitrogens is 1. The lowest BCUT2D eigenvalue weighted by Gasteiger charge is -2.11. The first-order valence-corrected chi connectivity index (χ1v) is 11.1. The molecule has 2 aromatic carbocycles. The largest absolute Gasteiger partial charge is 0.506 e. The summed E-state index contributed by atoms with van der Waals surface area (Å²) in [5, 5.41) is 16.9. The first-order valence-electron chi connectivity index (χ1n) is 8.64. The topological polar surface area (TPSA) is 68.3 Å². The van der Waals surface area contributed by atoms with Gasteiger partial charge >= 0.3 is 0 Å². The van der Waals surface area contributed by atoms with Crippen LogP contribution >= 0.6 is 43.2 Å². The Bertz CT molecular complexity index is 1120. The molecule has 0 unspecified atom stereocenters. The molecule has 0 aliphatic heterocycles. The number of thiazole rings is 1. The number of nitrogens with zero attached hydrogens (tertiary/aromatic N) is 3. The summed E-state index contributed by atoms with van der Waals surface area (Å²) in [7, 11) is 3.25. The van der Waals surface area contributed by atoms with E-state index < -0.39 is 0 Å². The molecule has 0 fully saturated rings. The summed E-state index contributed by atoms with van der Waals surface area (Å²) >= 11 is 8.26. The first kappa shape index (κ1) is 21.6. The van der Waals surface area contributed by atoms with Crippen LogP contribution in [0.4, 0.5) is 0 Å². The average molecular weight is 541 g/mol. The smallest absolute Gasteiger partial charge is 0.206 e. The van der Waals surface area contributed by atoms with E-state index in [1.807, 2.05) is 30.5 Å². The highest BCUT2D eigenvalue weighted by molar-refractivity contribution is 9.11. The summed E-state index contributed by atoms with van der Waals surface area (Å²) in [6.45, 7) is 2.59. The van der Waals surface area contributed by atoms with Crippen molar-refractivity contribution < 1.29 is 14.6 Å². The Morgan fingerprint density at radius 1 is 1.17 bits per heavy atom. The molecule has 3 aromatic rings. The van der Waals surface area contributed by atoms with Gasteiger partial charge in [0.2, 0.25) is 4.80 Å². The van der Waals surface area contributed by atoms with E-state index in [0.29, 0.717) is 28.1 Å². The van der Waals surface area contributed by atoms with Gasteiger partial charge in [-0.3, -0.25) is 4.99 Å². The Balaban J connectivity index is 2.18. The van der Waals surface area contributed by atoms with Gasteiger partial charge in [0, 0.05) is 27.5 Å². The molecule has 29 heavy (non-hydrogen) atoms. The Hall–Kier alpha value is -2.10. The molecule has 1 N–H and O–H groups in total. The van der Waals surface area contributed by atoms with Gasteiger partial charge in [-0.1, -0.05) is 15.9 Å². The minimum atomic E-state index is 0.113. The lowest BCUT2D eigenvalue weighted by atomic mass is 10.1. The van der Waals surface area contributed by atoms with Crippen molar-refractivity contribution in [1.82, 2.24) is 4.68 Å². The third-order valence-electron chi connectivity index (χ3n) is 4.03. The van der Waals surface area contributed by atoms with E-state index in [4.69, 9.17) is 9.47 Å². The zero-order valence-electron chi connectivity index (χ0n) is 16.0. The van der Waals surface area contributed by atoms with Crippen LogP contribution in [0.25, 0.3) is 11.3 Å². The minimum absolute atomic E-state index is 0.113. The molecule has 0 radical (unpaired) electrons. The van der Waals surface area contributed by atoms with Crippen molar-refractivity contribution in [2.75, 3.05) is 20.8 Å². The number of methoxy groups -OCH3 is 2. The summed E-state index contributed by atoms with van der Waals surface area (Å²) in [5.41, 5.74) is 2.20. The fourth-order valence-electron chi connectivity index (χ4n) is 2.66. The Kier molecular flexibility index (Phi) is 7.15. The number of aromatic hydroxyl groups is 1. The fraction of sp³-hybridized carbons (Fsp3) is 0.200. The van der Waals surface area contributed by atoms with Crippen molar-refractivity contribution in [3.8, 4) is 28.5 Å². The minimum Gasteiger partial charge on any atom is -0.506 e. The number of halogens is 2. The molecule has 1 aromatic heterocycles. The van der Waals surface area contributed by atoms with Crippen molar-refractivity contribution in [2.45, 2.75) is 6.92 Å². The van der Waals surface area contributed by atoms with Crippen LogP contribution in [0.15, 0.2) is 54.8 Å². The van der Waals surface area contributed by atoms with Crippen molar-refractivity contribution in [3.63, 3.8) is 0 Å². The molecule has 0 bridgehead atoms. The molecule has 3 rings (SSSR count). The van der Waals surface area contributed by atoms with Crippen LogP contribution in [0.2, 0.25) is 0 Å². The molecule has 152 valence electrons. The van der Waals surface area contributed by atoms with Crippen LogP contribution in [0.1, 0.15) is 12.5 Å². The van der Waals surface area contributed by atoms with Crippen molar-refractivity contribution in [1.29, 1.82) is 0 Å². The van der Waals surface area contributed by atoms with E-state index in [-0.39, 0.29) is 5.75 Å². The van der Waals surface area contributed by atoms with E-state index >= 15 is 0 Å². The molecule has 0 aliphatic carbocycles. The van der Waals surface area contributed by atoms with Gasteiger partial charge in [-0.25, -0.2) is 4.68 Å². The predicted molar refractivity (Wildman–Crippen MR) is 123 cm³/mol. The lowest BCUT2D eigenvalue weighted by Crippen LogP contribution is -2.12. The maximum absolute atomic E-state index is 10.3. The molecule has 0 saturated carbocycles. The second-order valence-electron chi connectivity index (χ2n) is 5.83. The molecule has 0 aliphatic rings. The molecule has 6 nitrogen and oxygen atoms in total. The number of ether oxygens (including phenoxy) is 2. The Morgan fingerprint density at radius 3 is 2.66 bits per heavy atom. The van der Waals surface area contributed by atoms with E-state index in [1.54, 1.807) is 37.2 Å². The normalized spacial score (nSPS) is 12.0. The molecule has 0 saturated heterocycles. The lowest BCUT2D eigenvalue weighted by molar-refractivity contribution is 0.404. The van der Waals surface area contributed by atoms with Gasteiger partial charge in [0.1, 0.15) is 17.2 Å². The molecule has 0 atom stereocenters. The van der Waals surface area contributed by atoms with Crippen molar-refractivity contribution in [3.05, 3.63) is 55.0 Å². The quantitative estimate of drug-likeness (QED) is 0.433. The van der Waals surface area contributed by atoms with Crippen LogP contribution in [0.5, 0.6) is 17.2 Å². The number of phenolic OH excluding ortho intramolecular Hbond substituents is 1. The van der Waals surface area contributed by atoms with E-state index in [1.165, 1.54) is 11.3 Å². The van der Waals surface area contributed by atoms with Crippen LogP contribution in [0.3, 0.4) is 0 Å². The maximum Gasteiger partial charge on any atom is 0.206 e. The number of hydrogen-bond acceptors (Lipinski definition) is 6. The number of benzene rings is 2. The van der Waals surface area contributed by atoms with Crippen LogP contribution in [-0.2, 0) is 0 Å². The summed E-state index contributed by atoms with van der Waals surface area (Å²) in [4.78, 5) is 5.27. The highest BCUT2D eigenvalue weighted by Crippen LogP contribution is 2.34. The summed E-state index contributed by atoms with van der Waals surface area (Å²) in [6.07, 6.45) is 1.60. The summed E-state index contributed by atoms with van der Waals surface area (Å²) < 4.78 is 14.1. The highest BCUT2D eigenvalue weighted by atomic mass is 79.9. The van der Waals surface area contributed by atoms with Crippen LogP contribution < -0.4 is 14.3 Å². The van der Waals surface area contributed by atoms with Crippen molar-refractivity contribution >= 4 is 49.4 Å². The maximum atomic E-state index is 10.3. The molecule has 0 spiro atoms. The third kappa shape index (κ3) is 4.73. The summed E-state index contributed by atoms with van der Waals surface area (Å²) in [5.74, 6) is 1.52. The second kappa shape index (κ2) is 9.60. The van der Waals surface area contributed by atoms with Gasteiger partial charge in [-0.15, -0.1) is 11.3 Å². The fourth-order valence-corrected chi connectivity index (χ4v) is 4.81. The monoisotopic (exact) mass is 539 g/mol. The Morgan fingerprint density at radius 2 is 1.97 bits per heavy atom. The van der Waals surface area contributed by atoms with Gasteiger partial charge in [-0.05, 0) is 53.2 Å². The number of phenols is 1. The van der Waals surface area contributed by atoms with Gasteiger partial charge in [0.05, 0.1) is 30.6 Å². The first-order chi connectivity index (χ1) is 14.0. The number of rotatable bonds is 6. The molecule has 0 amide bonds. The van der Waals surface area contributed by atoms with Gasteiger partial charge in [0.25, 0.3) is 0 Å². The van der Waals surface area contributed by atoms with Gasteiger partial charge in [-0.2, -0.15) is 5.10 Å². The van der Waals surface area contributed by atoms with Crippen molar-refractivity contribution in [2.24, 2.45) is 10.1 Å². The highest BCUT2D eigenvalue weighted by Gasteiger charge is 2.14. The molecular weight excluding hydrogens is 522 g/mol. The van der Waals surface area contributed by atoms with E-state index in [2.05, 4.69) is 42.0 Å².